The molecule has 1 aromatic carbocycles. The molecule has 1 aromatic rings. The molecule has 7 heteroatoms. The van der Waals surface area contributed by atoms with Gasteiger partial charge in [0.1, 0.15) is 17.6 Å². The average Bonchev–Trinajstić information content (AvgIpc) is 3.51. The van der Waals surface area contributed by atoms with Gasteiger partial charge in [0.15, 0.2) is 0 Å². The zero-order chi connectivity index (χ0) is 22.7. The second-order valence-corrected chi connectivity index (χ2v) is 11.5. The third-order valence-electron chi connectivity index (χ3n) is 8.97. The first-order chi connectivity index (χ1) is 15.9. The lowest BCUT2D eigenvalue weighted by atomic mass is 9.50. The molecule has 6 fully saturated rings. The summed E-state index contributed by atoms with van der Waals surface area (Å²) in [6, 6.07) is 2.30. The number of nitrogens with zero attached hydrogens (tertiary/aromatic N) is 1. The minimum atomic E-state index is -0.765. The topological polar surface area (TPSA) is 78.9 Å². The van der Waals surface area contributed by atoms with Gasteiger partial charge >= 0.3 is 0 Å². The Hall–Kier alpha value is -2.15. The predicted molar refractivity (Wildman–Crippen MR) is 118 cm³/mol. The molecule has 2 amide bonds. The van der Waals surface area contributed by atoms with Crippen LogP contribution in [0, 0.1) is 29.0 Å². The number of hydroxylamine groups is 1. The van der Waals surface area contributed by atoms with Crippen LogP contribution in [0.25, 0.3) is 0 Å². The van der Waals surface area contributed by atoms with E-state index in [2.05, 4.69) is 0 Å². The third kappa shape index (κ3) is 3.82. The molecule has 0 radical (unpaired) electrons. The van der Waals surface area contributed by atoms with Crippen molar-refractivity contribution in [3.05, 3.63) is 29.1 Å². The van der Waals surface area contributed by atoms with Crippen molar-refractivity contribution in [2.75, 3.05) is 13.2 Å². The van der Waals surface area contributed by atoms with Crippen LogP contribution in [-0.2, 0) is 4.79 Å². The average molecular weight is 457 g/mol. The number of halogens is 1. The number of nitrogens with one attached hydrogen (secondary N) is 1. The van der Waals surface area contributed by atoms with Gasteiger partial charge in [-0.3, -0.25) is 14.8 Å². The van der Waals surface area contributed by atoms with Gasteiger partial charge in [0, 0.05) is 18.0 Å². The molecular formula is C26H33FN2O4. The molecule has 178 valence electrons. The Morgan fingerprint density at radius 3 is 2.36 bits per heavy atom. The van der Waals surface area contributed by atoms with Crippen LogP contribution in [0.2, 0.25) is 0 Å². The minimum absolute atomic E-state index is 0.00306. The van der Waals surface area contributed by atoms with Gasteiger partial charge in [-0.05, 0) is 99.5 Å². The van der Waals surface area contributed by atoms with Crippen LogP contribution in [0.4, 0.5) is 4.39 Å². The molecule has 7 rings (SSSR count). The number of amides is 2. The maximum atomic E-state index is 15.2. The lowest BCUT2D eigenvalue weighted by molar-refractivity contribution is -0.133. The van der Waals surface area contributed by atoms with Crippen molar-refractivity contribution in [3.8, 4) is 5.75 Å². The molecule has 1 atom stereocenters. The maximum Gasteiger partial charge on any atom is 0.266 e. The lowest BCUT2D eigenvalue weighted by Gasteiger charge is -2.56. The Morgan fingerprint density at radius 2 is 1.76 bits per heavy atom. The van der Waals surface area contributed by atoms with Crippen LogP contribution in [-0.4, -0.2) is 41.1 Å². The molecule has 2 N–H and O–H groups in total. The number of hydrogen-bond donors (Lipinski definition) is 2. The van der Waals surface area contributed by atoms with Crippen molar-refractivity contribution in [1.82, 2.24) is 10.4 Å². The van der Waals surface area contributed by atoms with Crippen LogP contribution in [0.3, 0.4) is 0 Å². The van der Waals surface area contributed by atoms with Crippen LogP contribution < -0.4 is 10.2 Å². The first-order valence-corrected chi connectivity index (χ1v) is 12.7. The summed E-state index contributed by atoms with van der Waals surface area (Å²) in [5.41, 5.74) is 2.79. The molecule has 6 aliphatic rings. The van der Waals surface area contributed by atoms with Crippen LogP contribution in [0.15, 0.2) is 12.1 Å². The first-order valence-electron chi connectivity index (χ1n) is 12.7. The third-order valence-corrected chi connectivity index (χ3v) is 8.97. The molecule has 1 unspecified atom stereocenters. The van der Waals surface area contributed by atoms with Crippen LogP contribution >= 0.6 is 0 Å². The smallest absolute Gasteiger partial charge is 0.266 e. The van der Waals surface area contributed by atoms with Crippen LogP contribution in [0.5, 0.6) is 5.75 Å². The highest BCUT2D eigenvalue weighted by atomic mass is 19.1. The van der Waals surface area contributed by atoms with E-state index in [4.69, 9.17) is 9.94 Å². The van der Waals surface area contributed by atoms with Crippen molar-refractivity contribution in [2.45, 2.75) is 76.2 Å². The first kappa shape index (κ1) is 21.4. The molecule has 4 bridgehead atoms. The van der Waals surface area contributed by atoms with Gasteiger partial charge in [0.2, 0.25) is 0 Å². The minimum Gasteiger partial charge on any atom is -0.493 e. The van der Waals surface area contributed by atoms with E-state index in [9.17, 15) is 9.59 Å². The predicted octanol–water partition coefficient (Wildman–Crippen LogP) is 4.41. The largest absolute Gasteiger partial charge is 0.493 e. The van der Waals surface area contributed by atoms with E-state index >= 15 is 4.39 Å². The van der Waals surface area contributed by atoms with Gasteiger partial charge in [0.25, 0.3) is 11.8 Å². The van der Waals surface area contributed by atoms with Gasteiger partial charge in [-0.1, -0.05) is 0 Å². The Labute approximate surface area is 193 Å². The lowest BCUT2D eigenvalue weighted by Crippen LogP contribution is -2.48. The summed E-state index contributed by atoms with van der Waals surface area (Å²) in [5.74, 6) is 1.69. The van der Waals surface area contributed by atoms with E-state index in [1.54, 1.807) is 11.5 Å². The number of hydrogen-bond acceptors (Lipinski definition) is 4. The Balaban J connectivity index is 1.23. The summed E-state index contributed by atoms with van der Waals surface area (Å²) >= 11 is 0. The monoisotopic (exact) mass is 456 g/mol. The Kier molecular flexibility index (Phi) is 5.16. The van der Waals surface area contributed by atoms with Gasteiger partial charge in [0.05, 0.1) is 12.2 Å². The number of rotatable bonds is 6. The van der Waals surface area contributed by atoms with Crippen LogP contribution in [0.1, 0.15) is 86.0 Å². The summed E-state index contributed by atoms with van der Waals surface area (Å²) in [7, 11) is 0. The van der Waals surface area contributed by atoms with Gasteiger partial charge < -0.3 is 9.64 Å². The molecule has 6 nitrogen and oxygen atoms in total. The van der Waals surface area contributed by atoms with Crippen molar-refractivity contribution >= 4 is 11.8 Å². The molecule has 5 aliphatic carbocycles. The fraction of sp³-hybridized carbons (Fsp3) is 0.692. The van der Waals surface area contributed by atoms with E-state index in [0.717, 1.165) is 36.2 Å². The second-order valence-electron chi connectivity index (χ2n) is 11.5. The fourth-order valence-corrected chi connectivity index (χ4v) is 7.78. The maximum absolute atomic E-state index is 15.2. The molecule has 0 spiro atoms. The summed E-state index contributed by atoms with van der Waals surface area (Å²) < 4.78 is 21.6. The molecule has 1 saturated heterocycles. The number of ether oxygens (including phenoxy) is 1. The van der Waals surface area contributed by atoms with E-state index < -0.39 is 23.7 Å². The molecule has 0 aromatic heterocycles. The highest BCUT2D eigenvalue weighted by Crippen LogP contribution is 2.60. The SMILES string of the molecule is O=C(NO)C1CCCN1C(=O)c1cc(C2CC2)c(OCC23CC4CC(CC(C4)C2)C3)cc1F. The van der Waals surface area contributed by atoms with Crippen molar-refractivity contribution in [1.29, 1.82) is 0 Å². The summed E-state index contributed by atoms with van der Waals surface area (Å²) in [6.45, 7) is 1.02. The zero-order valence-corrected chi connectivity index (χ0v) is 19.0. The quantitative estimate of drug-likeness (QED) is 0.491. The Morgan fingerprint density at radius 1 is 1.09 bits per heavy atom. The van der Waals surface area contributed by atoms with E-state index in [-0.39, 0.29) is 11.0 Å². The standard InChI is InChI=1S/C26H33FN2O4/c27-21-10-23(33-14-26-11-15-6-16(12-26)8-17(7-15)13-26)19(18-3-4-18)9-20(21)25(31)29-5-1-2-22(29)24(30)28-32/h9-10,15-18,22,32H,1-8,11-14H2,(H,28,30). The van der Waals surface area contributed by atoms with Gasteiger partial charge in [-0.25, -0.2) is 9.87 Å². The van der Waals surface area contributed by atoms with E-state index in [1.165, 1.54) is 49.5 Å². The molecule has 1 aliphatic heterocycles. The number of likely N-dealkylation sites (tertiary alicyclic amines) is 1. The summed E-state index contributed by atoms with van der Waals surface area (Å²) in [5, 5.41) is 9.00. The normalized spacial score (nSPS) is 34.5. The highest BCUT2D eigenvalue weighted by Gasteiger charge is 2.51. The molecule has 1 heterocycles. The molecule has 5 saturated carbocycles. The zero-order valence-electron chi connectivity index (χ0n) is 19.0. The van der Waals surface area contributed by atoms with E-state index in [0.29, 0.717) is 37.7 Å². The summed E-state index contributed by atoms with van der Waals surface area (Å²) in [4.78, 5) is 26.5. The van der Waals surface area contributed by atoms with Crippen molar-refractivity contribution in [3.63, 3.8) is 0 Å². The Bertz CT molecular complexity index is 940. The van der Waals surface area contributed by atoms with Crippen molar-refractivity contribution in [2.24, 2.45) is 23.2 Å². The van der Waals surface area contributed by atoms with Gasteiger partial charge in [-0.2, -0.15) is 0 Å². The molecule has 33 heavy (non-hydrogen) atoms. The summed E-state index contributed by atoms with van der Waals surface area (Å²) in [6.07, 6.45) is 11.0. The van der Waals surface area contributed by atoms with Crippen molar-refractivity contribution < 1.29 is 23.9 Å². The van der Waals surface area contributed by atoms with Gasteiger partial charge in [-0.15, -0.1) is 0 Å². The fourth-order valence-electron chi connectivity index (χ4n) is 7.78. The molecular weight excluding hydrogens is 423 g/mol. The number of carbonyl (C=O) groups excluding carboxylic acids is 2. The number of benzene rings is 1. The van der Waals surface area contributed by atoms with E-state index in [1.807, 2.05) is 0 Å². The second kappa shape index (κ2) is 7.97. The number of carbonyl (C=O) groups is 2. The highest BCUT2D eigenvalue weighted by molar-refractivity contribution is 5.98.